The lowest BCUT2D eigenvalue weighted by Crippen LogP contribution is -2.35. The Morgan fingerprint density at radius 3 is 2.25 bits per heavy atom. The van der Waals surface area contributed by atoms with Crippen LogP contribution in [0, 0.1) is 5.41 Å². The molecule has 0 saturated heterocycles. The number of benzene rings is 1. The molecule has 110 valence electrons. The van der Waals surface area contributed by atoms with Gasteiger partial charge in [-0.3, -0.25) is 4.79 Å². The Morgan fingerprint density at radius 2 is 1.70 bits per heavy atom. The maximum Gasteiger partial charge on any atom is 0.226 e. The lowest BCUT2D eigenvalue weighted by molar-refractivity contribution is -0.116. The van der Waals surface area contributed by atoms with E-state index in [2.05, 4.69) is 64.3 Å². The standard InChI is InChI=1S/C17H26N2O/c1-16(2,3)11-7-8-12-13(9-11)18-14(17(4,5)6)10-15(20)19-12/h7-9,14,18H,10H2,1-6H3,(H,19,20). The van der Waals surface area contributed by atoms with Crippen molar-refractivity contribution >= 4 is 17.3 Å². The number of hydrogen-bond acceptors (Lipinski definition) is 2. The zero-order valence-corrected chi connectivity index (χ0v) is 13.4. The molecule has 0 saturated carbocycles. The van der Waals surface area contributed by atoms with E-state index in [0.29, 0.717) is 6.42 Å². The van der Waals surface area contributed by atoms with Crippen LogP contribution in [0.5, 0.6) is 0 Å². The van der Waals surface area contributed by atoms with Crippen molar-refractivity contribution in [1.29, 1.82) is 0 Å². The van der Waals surface area contributed by atoms with Crippen molar-refractivity contribution in [1.82, 2.24) is 0 Å². The summed E-state index contributed by atoms with van der Waals surface area (Å²) in [7, 11) is 0. The molecule has 0 aliphatic carbocycles. The lowest BCUT2D eigenvalue weighted by Gasteiger charge is -2.31. The van der Waals surface area contributed by atoms with Gasteiger partial charge in [0, 0.05) is 12.5 Å². The van der Waals surface area contributed by atoms with E-state index in [1.54, 1.807) is 0 Å². The minimum absolute atomic E-state index is 0.0384. The van der Waals surface area contributed by atoms with Gasteiger partial charge in [0.1, 0.15) is 0 Å². The van der Waals surface area contributed by atoms with Gasteiger partial charge in [-0.05, 0) is 28.5 Å². The smallest absolute Gasteiger partial charge is 0.226 e. The van der Waals surface area contributed by atoms with Crippen LogP contribution in [-0.4, -0.2) is 11.9 Å². The fraction of sp³-hybridized carbons (Fsp3) is 0.588. The normalized spacial score (nSPS) is 19.7. The molecule has 1 aliphatic rings. The summed E-state index contributed by atoms with van der Waals surface area (Å²) in [4.78, 5) is 12.0. The summed E-state index contributed by atoms with van der Waals surface area (Å²) in [6.07, 6.45) is 0.503. The van der Waals surface area contributed by atoms with E-state index in [1.165, 1.54) is 5.56 Å². The lowest BCUT2D eigenvalue weighted by atomic mass is 9.84. The number of hydrogen-bond donors (Lipinski definition) is 2. The molecular formula is C17H26N2O. The fourth-order valence-electron chi connectivity index (χ4n) is 2.39. The second-order valence-corrected chi connectivity index (χ2v) is 7.83. The van der Waals surface area contributed by atoms with Crippen molar-refractivity contribution < 1.29 is 4.79 Å². The molecule has 20 heavy (non-hydrogen) atoms. The first-order chi connectivity index (χ1) is 9.07. The third kappa shape index (κ3) is 3.14. The van der Waals surface area contributed by atoms with Crippen molar-refractivity contribution in [3.63, 3.8) is 0 Å². The van der Waals surface area contributed by atoms with Gasteiger partial charge in [0.25, 0.3) is 0 Å². The van der Waals surface area contributed by atoms with Crippen LogP contribution < -0.4 is 10.6 Å². The van der Waals surface area contributed by atoms with Gasteiger partial charge in [-0.25, -0.2) is 0 Å². The fourth-order valence-corrected chi connectivity index (χ4v) is 2.39. The molecule has 0 spiro atoms. The summed E-state index contributed by atoms with van der Waals surface area (Å²) in [5.74, 6) is 0.0830. The molecule has 3 nitrogen and oxygen atoms in total. The summed E-state index contributed by atoms with van der Waals surface area (Å²) in [5, 5.41) is 6.56. The van der Waals surface area contributed by atoms with Crippen LogP contribution in [0.25, 0.3) is 0 Å². The minimum Gasteiger partial charge on any atom is -0.380 e. The largest absolute Gasteiger partial charge is 0.380 e. The van der Waals surface area contributed by atoms with Gasteiger partial charge in [0.2, 0.25) is 5.91 Å². The number of nitrogens with one attached hydrogen (secondary N) is 2. The molecule has 2 N–H and O–H groups in total. The Kier molecular flexibility index (Phi) is 3.57. The second kappa shape index (κ2) is 4.80. The van der Waals surface area contributed by atoms with Crippen molar-refractivity contribution in [2.24, 2.45) is 5.41 Å². The van der Waals surface area contributed by atoms with Crippen LogP contribution in [0.1, 0.15) is 53.5 Å². The Hall–Kier alpha value is -1.51. The molecular weight excluding hydrogens is 248 g/mol. The molecule has 1 unspecified atom stereocenters. The molecule has 0 aromatic heterocycles. The maximum atomic E-state index is 12.0. The number of carbonyl (C=O) groups excluding carboxylic acids is 1. The van der Waals surface area contributed by atoms with E-state index in [1.807, 2.05) is 6.07 Å². The van der Waals surface area contributed by atoms with Gasteiger partial charge in [0.05, 0.1) is 11.4 Å². The van der Waals surface area contributed by atoms with Crippen molar-refractivity contribution in [3.05, 3.63) is 23.8 Å². The molecule has 0 fully saturated rings. The van der Waals surface area contributed by atoms with Gasteiger partial charge in [-0.1, -0.05) is 47.6 Å². The third-order valence-corrected chi connectivity index (χ3v) is 3.92. The topological polar surface area (TPSA) is 41.1 Å². The molecule has 1 aliphatic heterocycles. The number of fused-ring (bicyclic) bond motifs is 1. The highest BCUT2D eigenvalue weighted by atomic mass is 16.1. The monoisotopic (exact) mass is 274 g/mol. The number of anilines is 2. The quantitative estimate of drug-likeness (QED) is 0.746. The first-order valence-corrected chi connectivity index (χ1v) is 7.28. The number of amides is 1. The van der Waals surface area contributed by atoms with E-state index >= 15 is 0 Å². The van der Waals surface area contributed by atoms with Gasteiger partial charge >= 0.3 is 0 Å². The Morgan fingerprint density at radius 1 is 1.05 bits per heavy atom. The summed E-state index contributed by atoms with van der Waals surface area (Å²) in [5.41, 5.74) is 3.33. The second-order valence-electron chi connectivity index (χ2n) is 7.83. The highest BCUT2D eigenvalue weighted by molar-refractivity contribution is 5.96. The minimum atomic E-state index is 0.0384. The van der Waals surface area contributed by atoms with E-state index in [9.17, 15) is 4.79 Å². The van der Waals surface area contributed by atoms with Gasteiger partial charge < -0.3 is 10.6 Å². The summed E-state index contributed by atoms with van der Waals surface area (Å²) >= 11 is 0. The summed E-state index contributed by atoms with van der Waals surface area (Å²) in [6.45, 7) is 13.1. The highest BCUT2D eigenvalue weighted by Gasteiger charge is 2.30. The van der Waals surface area contributed by atoms with E-state index < -0.39 is 0 Å². The molecule has 1 atom stereocenters. The van der Waals surface area contributed by atoms with Crippen LogP contribution in [0.2, 0.25) is 0 Å². The third-order valence-electron chi connectivity index (χ3n) is 3.92. The van der Waals surface area contributed by atoms with Crippen LogP contribution >= 0.6 is 0 Å². The average Bonchev–Trinajstić information content (AvgIpc) is 2.43. The molecule has 3 heteroatoms. The molecule has 2 rings (SSSR count). The maximum absolute atomic E-state index is 12.0. The van der Waals surface area contributed by atoms with Gasteiger partial charge in [0.15, 0.2) is 0 Å². The predicted molar refractivity (Wildman–Crippen MR) is 85.3 cm³/mol. The number of rotatable bonds is 0. The van der Waals surface area contributed by atoms with E-state index in [-0.39, 0.29) is 22.8 Å². The zero-order valence-electron chi connectivity index (χ0n) is 13.4. The van der Waals surface area contributed by atoms with Crippen molar-refractivity contribution in [3.8, 4) is 0 Å². The van der Waals surface area contributed by atoms with Crippen LogP contribution in [0.3, 0.4) is 0 Å². The number of carbonyl (C=O) groups is 1. The van der Waals surface area contributed by atoms with E-state index in [0.717, 1.165) is 11.4 Å². The molecule has 1 amide bonds. The van der Waals surface area contributed by atoms with Crippen LogP contribution in [0.15, 0.2) is 18.2 Å². The summed E-state index contributed by atoms with van der Waals surface area (Å²) < 4.78 is 0. The first-order valence-electron chi connectivity index (χ1n) is 7.28. The highest BCUT2D eigenvalue weighted by Crippen LogP contribution is 2.35. The van der Waals surface area contributed by atoms with Crippen LogP contribution in [-0.2, 0) is 10.2 Å². The molecule has 0 radical (unpaired) electrons. The molecule has 1 heterocycles. The molecule has 1 aromatic rings. The Labute approximate surface area is 122 Å². The van der Waals surface area contributed by atoms with Crippen LogP contribution in [0.4, 0.5) is 11.4 Å². The molecule has 0 bridgehead atoms. The van der Waals surface area contributed by atoms with Crippen molar-refractivity contribution in [2.75, 3.05) is 10.6 Å². The first kappa shape index (κ1) is 14.9. The zero-order chi connectivity index (χ0) is 15.1. The summed E-state index contributed by atoms with van der Waals surface area (Å²) in [6, 6.07) is 6.41. The SMILES string of the molecule is CC(C)(C)c1ccc2c(c1)NC(C(C)(C)C)CC(=O)N2. The predicted octanol–water partition coefficient (Wildman–Crippen LogP) is 4.15. The van der Waals surface area contributed by atoms with E-state index in [4.69, 9.17) is 0 Å². The average molecular weight is 274 g/mol. The van der Waals surface area contributed by atoms with Gasteiger partial charge in [-0.2, -0.15) is 0 Å². The Bertz CT molecular complexity index is 521. The Balaban J connectivity index is 2.43. The van der Waals surface area contributed by atoms with Crippen molar-refractivity contribution in [2.45, 2.75) is 59.4 Å². The molecule has 1 aromatic carbocycles. The van der Waals surface area contributed by atoms with Gasteiger partial charge in [-0.15, -0.1) is 0 Å².